The number of hydrogen-bond donors (Lipinski definition) is 0. The van der Waals surface area contributed by atoms with E-state index in [9.17, 15) is 4.79 Å². The van der Waals surface area contributed by atoms with E-state index in [0.29, 0.717) is 19.6 Å². The first kappa shape index (κ1) is 23.2. The van der Waals surface area contributed by atoms with Gasteiger partial charge in [-0.1, -0.05) is 43.3 Å². The highest BCUT2D eigenvalue weighted by molar-refractivity contribution is 5.96. The van der Waals surface area contributed by atoms with Gasteiger partial charge in [-0.2, -0.15) is 0 Å². The fraction of sp³-hybridized carbons (Fsp3) is 0.333. The van der Waals surface area contributed by atoms with Crippen LogP contribution in [-0.2, 0) is 17.8 Å². The summed E-state index contributed by atoms with van der Waals surface area (Å²) >= 11 is 0. The number of nitrogens with zero attached hydrogens (tertiary/aromatic N) is 3. The third kappa shape index (κ3) is 5.09. The number of carbonyl (C=O) groups excluding carboxylic acids is 1. The van der Waals surface area contributed by atoms with Crippen LogP contribution in [0.4, 0.5) is 5.69 Å². The van der Waals surface area contributed by atoms with Crippen molar-refractivity contribution in [3.05, 3.63) is 89.7 Å². The van der Waals surface area contributed by atoms with Gasteiger partial charge in [0.25, 0.3) is 0 Å². The number of anilines is 1. The van der Waals surface area contributed by atoms with Gasteiger partial charge in [-0.25, -0.2) is 4.98 Å². The third-order valence-electron chi connectivity index (χ3n) is 6.86. The molecule has 1 unspecified atom stereocenters. The van der Waals surface area contributed by atoms with Crippen molar-refractivity contribution in [2.24, 2.45) is 0 Å². The van der Waals surface area contributed by atoms with Crippen molar-refractivity contribution in [2.45, 2.75) is 52.0 Å². The first-order valence-electron chi connectivity index (χ1n) is 12.7. The Morgan fingerprint density at radius 3 is 2.63 bits per heavy atom. The molecule has 180 valence electrons. The smallest absolute Gasteiger partial charge is 0.227 e. The van der Waals surface area contributed by atoms with Gasteiger partial charge in [0, 0.05) is 31.1 Å². The van der Waals surface area contributed by atoms with Gasteiger partial charge in [0.2, 0.25) is 5.91 Å². The molecule has 1 saturated heterocycles. The molecule has 4 aromatic rings. The molecule has 5 heteroatoms. The molecule has 3 aromatic carbocycles. The summed E-state index contributed by atoms with van der Waals surface area (Å²) in [5, 5.41) is 0. The Balaban J connectivity index is 1.29. The summed E-state index contributed by atoms with van der Waals surface area (Å²) in [5.41, 5.74) is 5.60. The summed E-state index contributed by atoms with van der Waals surface area (Å²) in [5.74, 6) is 2.20. The van der Waals surface area contributed by atoms with E-state index in [0.717, 1.165) is 54.1 Å². The number of fused-ring (bicyclic) bond motifs is 1. The molecule has 5 nitrogen and oxygen atoms in total. The number of unbranched alkanes of at least 4 members (excludes halogenated alkanes) is 1. The van der Waals surface area contributed by atoms with Crippen molar-refractivity contribution in [3.8, 4) is 5.75 Å². The van der Waals surface area contributed by atoms with Crippen molar-refractivity contribution in [1.82, 2.24) is 9.55 Å². The zero-order valence-electron chi connectivity index (χ0n) is 20.6. The lowest BCUT2D eigenvalue weighted by atomic mass is 10.1. The van der Waals surface area contributed by atoms with Crippen molar-refractivity contribution in [3.63, 3.8) is 0 Å². The van der Waals surface area contributed by atoms with E-state index in [1.807, 2.05) is 23.1 Å². The molecule has 1 aliphatic rings. The zero-order valence-corrected chi connectivity index (χ0v) is 20.6. The van der Waals surface area contributed by atoms with E-state index >= 15 is 0 Å². The van der Waals surface area contributed by atoms with E-state index in [4.69, 9.17) is 9.72 Å². The molecular weight excluding hydrogens is 434 g/mol. The van der Waals surface area contributed by atoms with Gasteiger partial charge in [-0.15, -0.1) is 0 Å². The minimum Gasteiger partial charge on any atom is -0.494 e. The first-order valence-corrected chi connectivity index (χ1v) is 12.7. The second-order valence-electron chi connectivity index (χ2n) is 9.41. The highest BCUT2D eigenvalue weighted by atomic mass is 16.5. The highest BCUT2D eigenvalue weighted by Gasteiger charge is 2.34. The maximum atomic E-state index is 13.0. The van der Waals surface area contributed by atoms with Gasteiger partial charge in [-0.3, -0.25) is 4.79 Å². The summed E-state index contributed by atoms with van der Waals surface area (Å²) < 4.78 is 8.26. The maximum absolute atomic E-state index is 13.0. The van der Waals surface area contributed by atoms with E-state index < -0.39 is 0 Å². The molecule has 0 aliphatic carbocycles. The second-order valence-corrected chi connectivity index (χ2v) is 9.41. The molecule has 0 radical (unpaired) electrons. The average molecular weight is 468 g/mol. The van der Waals surface area contributed by atoms with Crippen molar-refractivity contribution < 1.29 is 9.53 Å². The second kappa shape index (κ2) is 10.3. The highest BCUT2D eigenvalue weighted by Crippen LogP contribution is 2.33. The van der Waals surface area contributed by atoms with Crippen molar-refractivity contribution >= 4 is 22.6 Å². The van der Waals surface area contributed by atoms with Crippen molar-refractivity contribution in [2.75, 3.05) is 18.1 Å². The van der Waals surface area contributed by atoms with E-state index in [1.54, 1.807) is 0 Å². The largest absolute Gasteiger partial charge is 0.494 e. The summed E-state index contributed by atoms with van der Waals surface area (Å²) in [6.45, 7) is 6.45. The van der Waals surface area contributed by atoms with Crippen LogP contribution >= 0.6 is 0 Å². The number of rotatable bonds is 9. The molecule has 5 rings (SSSR count). The number of hydrogen-bond acceptors (Lipinski definition) is 3. The third-order valence-corrected chi connectivity index (χ3v) is 6.86. The fourth-order valence-corrected chi connectivity index (χ4v) is 4.95. The van der Waals surface area contributed by atoms with Gasteiger partial charge in [-0.05, 0) is 73.7 Å². The minimum absolute atomic E-state index is 0.0873. The van der Waals surface area contributed by atoms with E-state index in [1.165, 1.54) is 11.1 Å². The predicted molar refractivity (Wildman–Crippen MR) is 141 cm³/mol. The zero-order chi connectivity index (χ0) is 24.2. The van der Waals surface area contributed by atoms with Crippen molar-refractivity contribution in [1.29, 1.82) is 0 Å². The monoisotopic (exact) mass is 467 g/mol. The molecule has 1 aromatic heterocycles. The number of ether oxygens (including phenoxy) is 1. The first-order chi connectivity index (χ1) is 17.1. The summed E-state index contributed by atoms with van der Waals surface area (Å²) in [6.07, 6.45) is 3.44. The minimum atomic E-state index is 0.0873. The topological polar surface area (TPSA) is 47.4 Å². The Morgan fingerprint density at radius 2 is 1.83 bits per heavy atom. The summed E-state index contributed by atoms with van der Waals surface area (Å²) in [7, 11) is 0. The fourth-order valence-electron chi connectivity index (χ4n) is 4.95. The van der Waals surface area contributed by atoms with Crippen LogP contribution in [0.3, 0.4) is 0 Å². The van der Waals surface area contributed by atoms with Crippen LogP contribution in [0, 0.1) is 6.92 Å². The molecular formula is C30H33N3O2. The summed E-state index contributed by atoms with van der Waals surface area (Å²) in [6, 6.07) is 24.8. The molecule has 1 fully saturated rings. The van der Waals surface area contributed by atoms with E-state index in [-0.39, 0.29) is 11.8 Å². The molecule has 35 heavy (non-hydrogen) atoms. The molecule has 1 aliphatic heterocycles. The SMILES string of the molecule is CCc1ccc(N2CC(c3nc4ccccc4n3CCCCOc3cccc(C)c3)CC2=O)cc1. The maximum Gasteiger partial charge on any atom is 0.227 e. The molecule has 2 heterocycles. The lowest BCUT2D eigenvalue weighted by Crippen LogP contribution is -2.24. The Morgan fingerprint density at radius 1 is 1.00 bits per heavy atom. The lowest BCUT2D eigenvalue weighted by Gasteiger charge is -2.18. The van der Waals surface area contributed by atoms with Crippen LogP contribution in [0.25, 0.3) is 11.0 Å². The Bertz CT molecular complexity index is 1310. The molecule has 1 amide bonds. The van der Waals surface area contributed by atoms with E-state index in [2.05, 4.69) is 73.0 Å². The quantitative estimate of drug-likeness (QED) is 0.272. The van der Waals surface area contributed by atoms with Crippen LogP contribution in [-0.4, -0.2) is 28.6 Å². The van der Waals surface area contributed by atoms with Crippen LogP contribution in [0.5, 0.6) is 5.75 Å². The number of benzene rings is 3. The normalized spacial score (nSPS) is 15.8. The van der Waals surface area contributed by atoms with Crippen LogP contribution in [0.15, 0.2) is 72.8 Å². The van der Waals surface area contributed by atoms with Gasteiger partial charge in [0.05, 0.1) is 17.6 Å². The predicted octanol–water partition coefficient (Wildman–Crippen LogP) is 6.29. The Kier molecular flexibility index (Phi) is 6.84. The number of amides is 1. The average Bonchev–Trinajstić information content (AvgIpc) is 3.44. The number of aromatic nitrogens is 2. The molecule has 0 N–H and O–H groups in total. The molecule has 0 saturated carbocycles. The molecule has 0 bridgehead atoms. The molecule has 1 atom stereocenters. The van der Waals surface area contributed by atoms with Gasteiger partial charge in [0.1, 0.15) is 11.6 Å². The van der Waals surface area contributed by atoms with Crippen LogP contribution in [0.1, 0.15) is 49.1 Å². The Hall–Kier alpha value is -3.60. The van der Waals surface area contributed by atoms with Gasteiger partial charge in [0.15, 0.2) is 0 Å². The van der Waals surface area contributed by atoms with Gasteiger partial charge >= 0.3 is 0 Å². The summed E-state index contributed by atoms with van der Waals surface area (Å²) in [4.78, 5) is 19.9. The number of aryl methyl sites for hydroxylation is 3. The number of imidazole rings is 1. The van der Waals surface area contributed by atoms with Gasteiger partial charge < -0.3 is 14.2 Å². The number of para-hydroxylation sites is 2. The Labute approximate surface area is 207 Å². The number of carbonyl (C=O) groups is 1. The van der Waals surface area contributed by atoms with Crippen LogP contribution < -0.4 is 9.64 Å². The standard InChI is InChI=1S/C30H33N3O2/c1-3-23-13-15-25(16-14-23)33-21-24(20-29(33)34)30-31-27-11-4-5-12-28(27)32(30)17-6-7-18-35-26-10-8-9-22(2)19-26/h4-5,8-16,19,24H,3,6-7,17-18,20-21H2,1-2H3. The molecule has 0 spiro atoms. The lowest BCUT2D eigenvalue weighted by molar-refractivity contribution is -0.117. The van der Waals surface area contributed by atoms with Crippen LogP contribution in [0.2, 0.25) is 0 Å².